The van der Waals surface area contributed by atoms with Crippen LogP contribution < -0.4 is 10.1 Å². The van der Waals surface area contributed by atoms with E-state index >= 15 is 0 Å². The quantitative estimate of drug-likeness (QED) is 0.771. The van der Waals surface area contributed by atoms with E-state index in [4.69, 9.17) is 4.74 Å². The van der Waals surface area contributed by atoms with E-state index in [0.717, 1.165) is 24.4 Å². The van der Waals surface area contributed by atoms with Gasteiger partial charge in [0.05, 0.1) is 0 Å². The highest BCUT2D eigenvalue weighted by Gasteiger charge is 2.21. The van der Waals surface area contributed by atoms with Crippen molar-refractivity contribution in [2.75, 3.05) is 6.54 Å². The monoisotopic (exact) mass is 192 g/mol. The number of aryl methyl sites for hydroxylation is 1. The predicted molar refractivity (Wildman–Crippen MR) is 55.5 cm³/mol. The van der Waals surface area contributed by atoms with Crippen LogP contribution in [0.25, 0.3) is 0 Å². The van der Waals surface area contributed by atoms with Crippen molar-refractivity contribution < 1.29 is 4.74 Å². The molecule has 76 valence electrons. The Kier molecular flexibility index (Phi) is 2.68. The van der Waals surface area contributed by atoms with Crippen molar-refractivity contribution in [3.63, 3.8) is 0 Å². The summed E-state index contributed by atoms with van der Waals surface area (Å²) in [6.45, 7) is 5.10. The summed E-state index contributed by atoms with van der Waals surface area (Å²) in [6, 6.07) is 4.46. The molecule has 1 aliphatic heterocycles. The molecule has 1 N–H and O–H groups in total. The Balaban J connectivity index is 1.97. The zero-order chi connectivity index (χ0) is 9.97. The second-order valence-corrected chi connectivity index (χ2v) is 3.92. The Hall–Kier alpha value is -1.09. The van der Waals surface area contributed by atoms with E-state index in [1.807, 2.05) is 19.1 Å². The molecule has 0 saturated carbocycles. The summed E-state index contributed by atoms with van der Waals surface area (Å²) in [5, 5.41) is 3.36. The third-order valence-corrected chi connectivity index (χ3v) is 2.48. The molecule has 0 aliphatic carbocycles. The minimum atomic E-state index is 0.312. The van der Waals surface area contributed by atoms with Crippen molar-refractivity contribution in [2.24, 2.45) is 0 Å². The number of aromatic nitrogens is 1. The second-order valence-electron chi connectivity index (χ2n) is 3.92. The van der Waals surface area contributed by atoms with Crippen LogP contribution in [-0.4, -0.2) is 23.7 Å². The normalized spacial score (nSPS) is 26.4. The van der Waals surface area contributed by atoms with Gasteiger partial charge in [0.25, 0.3) is 0 Å². The highest BCUT2D eigenvalue weighted by Crippen LogP contribution is 2.16. The van der Waals surface area contributed by atoms with Gasteiger partial charge in [-0.25, -0.2) is 0 Å². The summed E-state index contributed by atoms with van der Waals surface area (Å²) in [7, 11) is 0. The van der Waals surface area contributed by atoms with Gasteiger partial charge in [0.1, 0.15) is 11.9 Å². The first-order valence-corrected chi connectivity index (χ1v) is 5.07. The first-order valence-electron chi connectivity index (χ1n) is 5.07. The lowest BCUT2D eigenvalue weighted by Crippen LogP contribution is -2.20. The molecule has 2 heterocycles. The van der Waals surface area contributed by atoms with Crippen molar-refractivity contribution in [1.82, 2.24) is 10.3 Å². The molecule has 0 radical (unpaired) electrons. The molecule has 1 aromatic heterocycles. The molecule has 2 atom stereocenters. The minimum Gasteiger partial charge on any atom is -0.489 e. The van der Waals surface area contributed by atoms with E-state index in [-0.39, 0.29) is 0 Å². The van der Waals surface area contributed by atoms with E-state index in [1.54, 1.807) is 6.20 Å². The fourth-order valence-electron chi connectivity index (χ4n) is 1.77. The highest BCUT2D eigenvalue weighted by atomic mass is 16.5. The van der Waals surface area contributed by atoms with Gasteiger partial charge in [-0.15, -0.1) is 0 Å². The number of hydrogen-bond acceptors (Lipinski definition) is 3. The van der Waals surface area contributed by atoms with Gasteiger partial charge in [-0.1, -0.05) is 0 Å². The number of nitrogens with one attached hydrogen (secondary N) is 1. The molecule has 14 heavy (non-hydrogen) atoms. The molecule has 0 amide bonds. The Morgan fingerprint density at radius 1 is 1.57 bits per heavy atom. The zero-order valence-corrected chi connectivity index (χ0v) is 8.66. The summed E-state index contributed by atoms with van der Waals surface area (Å²) >= 11 is 0. The molecule has 3 nitrogen and oxygen atoms in total. The molecule has 1 fully saturated rings. The molecule has 1 aliphatic rings. The second kappa shape index (κ2) is 3.96. The van der Waals surface area contributed by atoms with Crippen LogP contribution in [0.3, 0.4) is 0 Å². The van der Waals surface area contributed by atoms with E-state index < -0.39 is 0 Å². The smallest absolute Gasteiger partial charge is 0.123 e. The van der Waals surface area contributed by atoms with Crippen molar-refractivity contribution in [3.05, 3.63) is 24.0 Å². The van der Waals surface area contributed by atoms with Crippen molar-refractivity contribution >= 4 is 0 Å². The molecule has 1 saturated heterocycles. The maximum atomic E-state index is 5.82. The van der Waals surface area contributed by atoms with E-state index in [1.165, 1.54) is 0 Å². The van der Waals surface area contributed by atoms with Crippen LogP contribution in [0.2, 0.25) is 0 Å². The summed E-state index contributed by atoms with van der Waals surface area (Å²) in [5.41, 5.74) is 1.00. The van der Waals surface area contributed by atoms with Crippen LogP contribution in [0.5, 0.6) is 5.75 Å². The molecule has 0 unspecified atom stereocenters. The maximum Gasteiger partial charge on any atom is 0.123 e. The van der Waals surface area contributed by atoms with Crippen molar-refractivity contribution in [3.8, 4) is 5.75 Å². The minimum absolute atomic E-state index is 0.312. The number of nitrogens with zero attached hydrogens (tertiary/aromatic N) is 1. The van der Waals surface area contributed by atoms with Gasteiger partial charge < -0.3 is 10.1 Å². The predicted octanol–water partition coefficient (Wildman–Crippen LogP) is 1.52. The average Bonchev–Trinajstić information content (AvgIpc) is 2.51. The lowest BCUT2D eigenvalue weighted by Gasteiger charge is -2.12. The number of hydrogen-bond donors (Lipinski definition) is 1. The largest absolute Gasteiger partial charge is 0.489 e. The molecular weight excluding hydrogens is 176 g/mol. The van der Waals surface area contributed by atoms with Crippen LogP contribution >= 0.6 is 0 Å². The van der Waals surface area contributed by atoms with Crippen LogP contribution in [0.1, 0.15) is 19.0 Å². The maximum absolute atomic E-state index is 5.82. The van der Waals surface area contributed by atoms with Gasteiger partial charge in [-0.2, -0.15) is 0 Å². The summed E-state index contributed by atoms with van der Waals surface area (Å²) < 4.78 is 5.82. The van der Waals surface area contributed by atoms with Crippen molar-refractivity contribution in [1.29, 1.82) is 0 Å². The lowest BCUT2D eigenvalue weighted by atomic mass is 10.2. The third-order valence-electron chi connectivity index (χ3n) is 2.48. The first kappa shape index (κ1) is 9.46. The number of pyridine rings is 1. The van der Waals surface area contributed by atoms with Gasteiger partial charge in [-0.05, 0) is 19.9 Å². The van der Waals surface area contributed by atoms with Gasteiger partial charge in [-0.3, -0.25) is 4.98 Å². The fraction of sp³-hybridized carbons (Fsp3) is 0.545. The lowest BCUT2D eigenvalue weighted by molar-refractivity contribution is 0.220. The van der Waals surface area contributed by atoms with Gasteiger partial charge in [0.15, 0.2) is 0 Å². The van der Waals surface area contributed by atoms with Crippen LogP contribution in [0.15, 0.2) is 18.3 Å². The molecule has 0 spiro atoms. The molecule has 1 aromatic rings. The topological polar surface area (TPSA) is 34.1 Å². The van der Waals surface area contributed by atoms with Crippen LogP contribution in [0, 0.1) is 6.92 Å². The average molecular weight is 192 g/mol. The standard InChI is InChI=1S/C11H16N2O/c1-8-5-10(3-4-12-8)14-11-6-9(2)13-7-11/h3-5,9,11,13H,6-7H2,1-2H3/t9-,11+/m0/s1. The number of rotatable bonds is 2. The van der Waals surface area contributed by atoms with Gasteiger partial charge in [0.2, 0.25) is 0 Å². The van der Waals surface area contributed by atoms with Crippen molar-refractivity contribution in [2.45, 2.75) is 32.4 Å². The molecule has 3 heteroatoms. The van der Waals surface area contributed by atoms with E-state index in [9.17, 15) is 0 Å². The van der Waals surface area contributed by atoms with Crippen LogP contribution in [-0.2, 0) is 0 Å². The summed E-state index contributed by atoms with van der Waals surface area (Å²) in [4.78, 5) is 4.13. The molecule has 0 aromatic carbocycles. The molecule has 0 bridgehead atoms. The Morgan fingerprint density at radius 3 is 3.07 bits per heavy atom. The molecular formula is C11H16N2O. The Morgan fingerprint density at radius 2 is 2.43 bits per heavy atom. The summed E-state index contributed by atoms with van der Waals surface area (Å²) in [6.07, 6.45) is 3.18. The third kappa shape index (κ3) is 2.23. The Labute approximate surface area is 84.5 Å². The Bertz CT molecular complexity index is 314. The highest BCUT2D eigenvalue weighted by molar-refractivity contribution is 5.22. The number of ether oxygens (including phenoxy) is 1. The van der Waals surface area contributed by atoms with Gasteiger partial charge >= 0.3 is 0 Å². The fourth-order valence-corrected chi connectivity index (χ4v) is 1.77. The zero-order valence-electron chi connectivity index (χ0n) is 8.66. The van der Waals surface area contributed by atoms with E-state index in [2.05, 4.69) is 17.2 Å². The molecule has 2 rings (SSSR count). The first-order chi connectivity index (χ1) is 6.74. The van der Waals surface area contributed by atoms with E-state index in [0.29, 0.717) is 12.1 Å². The summed E-state index contributed by atoms with van der Waals surface area (Å²) in [5.74, 6) is 0.929. The van der Waals surface area contributed by atoms with Crippen LogP contribution in [0.4, 0.5) is 0 Å². The SMILES string of the molecule is Cc1cc(O[C@H]2CN[C@@H](C)C2)ccn1. The van der Waals surface area contributed by atoms with Gasteiger partial charge in [0, 0.05) is 37.0 Å².